The first-order valence-corrected chi connectivity index (χ1v) is 8.84. The van der Waals surface area contributed by atoms with Gasteiger partial charge in [0, 0.05) is 5.69 Å². The van der Waals surface area contributed by atoms with E-state index in [9.17, 15) is 4.79 Å². The molecule has 0 bridgehead atoms. The summed E-state index contributed by atoms with van der Waals surface area (Å²) in [5.74, 6) is 0.763. The van der Waals surface area contributed by atoms with Crippen LogP contribution in [0.5, 0.6) is 5.75 Å². The fourth-order valence-electron chi connectivity index (χ4n) is 2.41. The van der Waals surface area contributed by atoms with Gasteiger partial charge < -0.3 is 9.47 Å². The normalized spacial score (nSPS) is 10.3. The molecule has 0 aliphatic heterocycles. The number of nitrogens with one attached hydrogen (secondary N) is 1. The minimum absolute atomic E-state index is 0.394. The molecule has 0 fully saturated rings. The van der Waals surface area contributed by atoms with Crippen LogP contribution in [0.3, 0.4) is 0 Å². The SMILES string of the molecule is CCCCCCCCCCCOC(=O)Nc1ccc(OC)cc1. The van der Waals surface area contributed by atoms with Crippen molar-refractivity contribution >= 4 is 11.8 Å². The van der Waals surface area contributed by atoms with Gasteiger partial charge in [-0.25, -0.2) is 4.79 Å². The van der Waals surface area contributed by atoms with E-state index < -0.39 is 6.09 Å². The molecule has 23 heavy (non-hydrogen) atoms. The van der Waals surface area contributed by atoms with Gasteiger partial charge in [0.15, 0.2) is 0 Å². The molecule has 130 valence electrons. The second-order valence-corrected chi connectivity index (χ2v) is 5.82. The molecule has 0 radical (unpaired) electrons. The molecule has 0 unspecified atom stereocenters. The zero-order valence-electron chi connectivity index (χ0n) is 14.6. The molecule has 0 spiro atoms. The first-order valence-electron chi connectivity index (χ1n) is 8.84. The summed E-state index contributed by atoms with van der Waals surface area (Å²) in [6.07, 6.45) is 10.9. The monoisotopic (exact) mass is 321 g/mol. The molecule has 0 aliphatic rings. The smallest absolute Gasteiger partial charge is 0.411 e. The minimum atomic E-state index is -0.394. The number of ether oxygens (including phenoxy) is 2. The predicted octanol–water partition coefficient (Wildman–Crippen LogP) is 5.77. The maximum Gasteiger partial charge on any atom is 0.411 e. The van der Waals surface area contributed by atoms with Gasteiger partial charge in [-0.1, -0.05) is 58.3 Å². The Hall–Kier alpha value is -1.71. The summed E-state index contributed by atoms with van der Waals surface area (Å²) in [4.78, 5) is 11.6. The fourth-order valence-corrected chi connectivity index (χ4v) is 2.41. The van der Waals surface area contributed by atoms with Crippen molar-refractivity contribution in [1.29, 1.82) is 0 Å². The van der Waals surface area contributed by atoms with Gasteiger partial charge in [0.2, 0.25) is 0 Å². The van der Waals surface area contributed by atoms with Crippen LogP contribution in [-0.4, -0.2) is 19.8 Å². The van der Waals surface area contributed by atoms with Crippen molar-refractivity contribution in [3.8, 4) is 5.75 Å². The van der Waals surface area contributed by atoms with Crippen LogP contribution in [0.25, 0.3) is 0 Å². The highest BCUT2D eigenvalue weighted by atomic mass is 16.5. The van der Waals surface area contributed by atoms with E-state index in [1.807, 2.05) is 0 Å². The highest BCUT2D eigenvalue weighted by Gasteiger charge is 2.03. The third-order valence-electron chi connectivity index (χ3n) is 3.82. The summed E-state index contributed by atoms with van der Waals surface area (Å²) in [6, 6.07) is 7.18. The van der Waals surface area contributed by atoms with Crippen LogP contribution in [0.15, 0.2) is 24.3 Å². The molecule has 1 N–H and O–H groups in total. The molecule has 1 aromatic carbocycles. The first kappa shape index (κ1) is 19.3. The third kappa shape index (κ3) is 9.82. The summed E-state index contributed by atoms with van der Waals surface area (Å²) < 4.78 is 10.2. The number of unbranched alkanes of at least 4 members (excludes halogenated alkanes) is 8. The van der Waals surface area contributed by atoms with Crippen molar-refractivity contribution in [1.82, 2.24) is 0 Å². The first-order chi connectivity index (χ1) is 11.3. The fraction of sp³-hybridized carbons (Fsp3) is 0.632. The van der Waals surface area contributed by atoms with Gasteiger partial charge in [0.25, 0.3) is 0 Å². The summed E-state index contributed by atoms with van der Waals surface area (Å²) >= 11 is 0. The number of carbonyl (C=O) groups excluding carboxylic acids is 1. The van der Waals surface area contributed by atoms with Crippen molar-refractivity contribution in [3.05, 3.63) is 24.3 Å². The molecule has 4 nitrogen and oxygen atoms in total. The van der Waals surface area contributed by atoms with Gasteiger partial charge in [0.1, 0.15) is 5.75 Å². The van der Waals surface area contributed by atoms with Crippen LogP contribution >= 0.6 is 0 Å². The van der Waals surface area contributed by atoms with Crippen LogP contribution < -0.4 is 10.1 Å². The molecule has 1 rings (SSSR count). The number of anilines is 1. The van der Waals surface area contributed by atoms with E-state index in [1.165, 1.54) is 44.9 Å². The lowest BCUT2D eigenvalue weighted by atomic mass is 10.1. The van der Waals surface area contributed by atoms with E-state index in [0.29, 0.717) is 12.3 Å². The topological polar surface area (TPSA) is 47.6 Å². The van der Waals surface area contributed by atoms with Crippen LogP contribution in [-0.2, 0) is 4.74 Å². The van der Waals surface area contributed by atoms with Crippen molar-refractivity contribution in [2.24, 2.45) is 0 Å². The second-order valence-electron chi connectivity index (χ2n) is 5.82. The van der Waals surface area contributed by atoms with Gasteiger partial charge in [-0.2, -0.15) is 0 Å². The lowest BCUT2D eigenvalue weighted by Gasteiger charge is -2.07. The average molecular weight is 321 g/mol. The minimum Gasteiger partial charge on any atom is -0.497 e. The zero-order valence-corrected chi connectivity index (χ0v) is 14.6. The number of hydrogen-bond donors (Lipinski definition) is 1. The Labute approximate surface area is 140 Å². The standard InChI is InChI=1S/C19H31NO3/c1-3-4-5-6-7-8-9-10-11-16-23-19(21)20-17-12-14-18(22-2)15-13-17/h12-15H,3-11,16H2,1-2H3,(H,20,21). The summed E-state index contributed by atoms with van der Waals surface area (Å²) in [6.45, 7) is 2.72. The average Bonchev–Trinajstić information content (AvgIpc) is 2.57. The van der Waals surface area contributed by atoms with Crippen LogP contribution in [0.4, 0.5) is 10.5 Å². The molecule has 1 amide bonds. The lowest BCUT2D eigenvalue weighted by Crippen LogP contribution is -2.14. The Morgan fingerprint density at radius 1 is 0.913 bits per heavy atom. The van der Waals surface area contributed by atoms with E-state index in [-0.39, 0.29) is 0 Å². The Balaban J connectivity index is 1.97. The van der Waals surface area contributed by atoms with Crippen LogP contribution in [0, 0.1) is 0 Å². The van der Waals surface area contributed by atoms with Gasteiger partial charge in [-0.3, -0.25) is 5.32 Å². The van der Waals surface area contributed by atoms with Crippen molar-refractivity contribution in [3.63, 3.8) is 0 Å². The molecular weight excluding hydrogens is 290 g/mol. The third-order valence-corrected chi connectivity index (χ3v) is 3.82. The second kappa shape index (κ2) is 12.8. The lowest BCUT2D eigenvalue weighted by molar-refractivity contribution is 0.159. The zero-order chi connectivity index (χ0) is 16.8. The van der Waals surface area contributed by atoms with Crippen LogP contribution in [0.2, 0.25) is 0 Å². The number of methoxy groups -OCH3 is 1. The maximum atomic E-state index is 11.6. The molecule has 1 aromatic rings. The quantitative estimate of drug-likeness (QED) is 0.497. The summed E-state index contributed by atoms with van der Waals surface area (Å²) in [7, 11) is 1.61. The van der Waals surface area contributed by atoms with E-state index >= 15 is 0 Å². The molecular formula is C19H31NO3. The van der Waals surface area contributed by atoms with Crippen LogP contribution in [0.1, 0.15) is 64.7 Å². The highest BCUT2D eigenvalue weighted by molar-refractivity contribution is 5.84. The molecule has 0 heterocycles. The molecule has 0 aliphatic carbocycles. The van der Waals surface area contributed by atoms with Crippen molar-refractivity contribution < 1.29 is 14.3 Å². The number of amides is 1. The maximum absolute atomic E-state index is 11.6. The summed E-state index contributed by atoms with van der Waals surface area (Å²) in [5.41, 5.74) is 0.711. The highest BCUT2D eigenvalue weighted by Crippen LogP contribution is 2.15. The van der Waals surface area contributed by atoms with Gasteiger partial charge in [0.05, 0.1) is 13.7 Å². The number of hydrogen-bond acceptors (Lipinski definition) is 3. The predicted molar refractivity (Wildman–Crippen MR) is 95.2 cm³/mol. The molecule has 0 atom stereocenters. The van der Waals surface area contributed by atoms with E-state index in [1.54, 1.807) is 31.4 Å². The van der Waals surface area contributed by atoms with Gasteiger partial charge in [-0.05, 0) is 30.7 Å². The molecule has 0 saturated heterocycles. The van der Waals surface area contributed by atoms with E-state index in [2.05, 4.69) is 12.2 Å². The van der Waals surface area contributed by atoms with Crippen molar-refractivity contribution in [2.45, 2.75) is 64.7 Å². The molecule has 4 heteroatoms. The number of carbonyl (C=O) groups is 1. The molecule has 0 saturated carbocycles. The number of rotatable bonds is 12. The largest absolute Gasteiger partial charge is 0.497 e. The Bertz CT molecular complexity index is 417. The van der Waals surface area contributed by atoms with E-state index in [0.717, 1.165) is 18.6 Å². The Morgan fingerprint density at radius 2 is 1.48 bits per heavy atom. The van der Waals surface area contributed by atoms with Crippen molar-refractivity contribution in [2.75, 3.05) is 19.0 Å². The molecule has 0 aromatic heterocycles. The van der Waals surface area contributed by atoms with Gasteiger partial charge >= 0.3 is 6.09 Å². The number of benzene rings is 1. The van der Waals surface area contributed by atoms with E-state index in [4.69, 9.17) is 9.47 Å². The summed E-state index contributed by atoms with van der Waals surface area (Å²) in [5, 5.41) is 2.71. The Kier molecular flexibility index (Phi) is 10.8. The van der Waals surface area contributed by atoms with Gasteiger partial charge in [-0.15, -0.1) is 0 Å². The Morgan fingerprint density at radius 3 is 2.04 bits per heavy atom.